The number of hydrogen-bond donors (Lipinski definition) is 0. The van der Waals surface area contributed by atoms with E-state index in [1.54, 1.807) is 6.20 Å². The van der Waals surface area contributed by atoms with Crippen molar-refractivity contribution in [2.75, 3.05) is 0 Å². The van der Waals surface area contributed by atoms with Crippen LogP contribution >= 0.6 is 0 Å². The Kier molecular flexibility index (Phi) is 3.76. The van der Waals surface area contributed by atoms with Crippen molar-refractivity contribution in [3.05, 3.63) is 47.8 Å². The number of benzene rings is 1. The Labute approximate surface area is 136 Å². The average molecular weight is 307 g/mol. The number of nitrogens with zero attached hydrogens (tertiary/aromatic N) is 3. The van der Waals surface area contributed by atoms with Gasteiger partial charge in [-0.25, -0.2) is 15.0 Å². The third-order valence-corrected chi connectivity index (χ3v) is 3.37. The summed E-state index contributed by atoms with van der Waals surface area (Å²) in [5, 5.41) is 1.00. The summed E-state index contributed by atoms with van der Waals surface area (Å²) in [4.78, 5) is 13.6. The minimum atomic E-state index is -0.288. The van der Waals surface area contributed by atoms with Gasteiger partial charge < -0.3 is 4.74 Å². The molecule has 2 aromatic heterocycles. The molecule has 2 heterocycles. The van der Waals surface area contributed by atoms with E-state index in [1.165, 1.54) is 0 Å². The topological polar surface area (TPSA) is 47.9 Å². The minimum absolute atomic E-state index is 0.288. The van der Waals surface area contributed by atoms with Gasteiger partial charge in [-0.2, -0.15) is 0 Å². The molecule has 0 fully saturated rings. The molecular weight excluding hydrogens is 286 g/mol. The maximum atomic E-state index is 6.15. The number of pyridine rings is 1. The van der Waals surface area contributed by atoms with Crippen LogP contribution in [-0.4, -0.2) is 20.6 Å². The van der Waals surface area contributed by atoms with Crippen molar-refractivity contribution in [2.45, 2.75) is 40.2 Å². The van der Waals surface area contributed by atoms with Crippen LogP contribution in [0.5, 0.6) is 5.75 Å². The first kappa shape index (κ1) is 15.4. The van der Waals surface area contributed by atoms with Gasteiger partial charge in [-0.05, 0) is 58.4 Å². The predicted molar refractivity (Wildman–Crippen MR) is 92.6 cm³/mol. The van der Waals surface area contributed by atoms with Crippen molar-refractivity contribution in [1.29, 1.82) is 0 Å². The van der Waals surface area contributed by atoms with Gasteiger partial charge in [-0.15, -0.1) is 0 Å². The standard InChI is InChI=1S/C19H21N3O/c1-12-6-7-14-15(10-12)22-16(11-17(14)23-19(3,4)5)18-20-9-8-13(2)21-18/h6-11H,1-5H3. The molecule has 118 valence electrons. The normalized spacial score (nSPS) is 11.7. The second-order valence-electron chi connectivity index (χ2n) is 6.76. The molecule has 4 nitrogen and oxygen atoms in total. The van der Waals surface area contributed by atoms with Crippen LogP contribution in [-0.2, 0) is 0 Å². The van der Waals surface area contributed by atoms with E-state index in [0.29, 0.717) is 5.82 Å². The van der Waals surface area contributed by atoms with Crippen LogP contribution in [0, 0.1) is 13.8 Å². The lowest BCUT2D eigenvalue weighted by Gasteiger charge is -2.22. The van der Waals surface area contributed by atoms with E-state index >= 15 is 0 Å². The van der Waals surface area contributed by atoms with Crippen LogP contribution in [0.4, 0.5) is 0 Å². The van der Waals surface area contributed by atoms with Gasteiger partial charge in [0.15, 0.2) is 5.82 Å². The van der Waals surface area contributed by atoms with Crippen molar-refractivity contribution in [1.82, 2.24) is 15.0 Å². The van der Waals surface area contributed by atoms with Gasteiger partial charge in [0.1, 0.15) is 17.0 Å². The second kappa shape index (κ2) is 5.61. The highest BCUT2D eigenvalue weighted by Gasteiger charge is 2.17. The first-order valence-electron chi connectivity index (χ1n) is 7.72. The fourth-order valence-corrected chi connectivity index (χ4v) is 2.41. The molecule has 0 unspecified atom stereocenters. The third-order valence-electron chi connectivity index (χ3n) is 3.37. The van der Waals surface area contributed by atoms with Gasteiger partial charge in [-0.1, -0.05) is 6.07 Å². The molecule has 0 bridgehead atoms. The SMILES string of the molecule is Cc1ccc2c(OC(C)(C)C)cc(-c3nccc(C)n3)nc2c1. The number of fused-ring (bicyclic) bond motifs is 1. The lowest BCUT2D eigenvalue weighted by molar-refractivity contribution is 0.133. The van der Waals surface area contributed by atoms with Crippen molar-refractivity contribution >= 4 is 10.9 Å². The maximum Gasteiger partial charge on any atom is 0.178 e. The van der Waals surface area contributed by atoms with Crippen LogP contribution in [0.25, 0.3) is 22.4 Å². The molecule has 0 saturated heterocycles. The summed E-state index contributed by atoms with van der Waals surface area (Å²) in [6, 6.07) is 9.99. The molecule has 0 atom stereocenters. The van der Waals surface area contributed by atoms with Gasteiger partial charge in [0.05, 0.1) is 5.52 Å². The zero-order valence-electron chi connectivity index (χ0n) is 14.2. The zero-order chi connectivity index (χ0) is 16.6. The molecule has 23 heavy (non-hydrogen) atoms. The summed E-state index contributed by atoms with van der Waals surface area (Å²) in [6.07, 6.45) is 1.75. The monoisotopic (exact) mass is 307 g/mol. The Morgan fingerprint density at radius 2 is 1.74 bits per heavy atom. The number of rotatable bonds is 2. The molecule has 0 aliphatic heterocycles. The number of hydrogen-bond acceptors (Lipinski definition) is 4. The van der Waals surface area contributed by atoms with E-state index in [9.17, 15) is 0 Å². The third kappa shape index (κ3) is 3.47. The summed E-state index contributed by atoms with van der Waals surface area (Å²) in [6.45, 7) is 10.1. The summed E-state index contributed by atoms with van der Waals surface area (Å²) in [5.74, 6) is 1.43. The lowest BCUT2D eigenvalue weighted by Crippen LogP contribution is -2.23. The molecule has 0 aliphatic carbocycles. The summed E-state index contributed by atoms with van der Waals surface area (Å²) >= 11 is 0. The van der Waals surface area contributed by atoms with E-state index in [4.69, 9.17) is 9.72 Å². The largest absolute Gasteiger partial charge is 0.487 e. The molecule has 0 aliphatic rings. The molecule has 4 heteroatoms. The van der Waals surface area contributed by atoms with Gasteiger partial charge in [0.2, 0.25) is 0 Å². The highest BCUT2D eigenvalue weighted by Crippen LogP contribution is 2.31. The quantitative estimate of drug-likeness (QED) is 0.700. The van der Waals surface area contributed by atoms with E-state index in [1.807, 2.05) is 39.8 Å². The average Bonchev–Trinajstić information content (AvgIpc) is 2.45. The van der Waals surface area contributed by atoms with Gasteiger partial charge in [0.25, 0.3) is 0 Å². The van der Waals surface area contributed by atoms with Gasteiger partial charge in [0, 0.05) is 23.3 Å². The van der Waals surface area contributed by atoms with Crippen molar-refractivity contribution in [3.8, 4) is 17.3 Å². The molecule has 0 N–H and O–H groups in total. The Morgan fingerprint density at radius 1 is 0.957 bits per heavy atom. The van der Waals surface area contributed by atoms with Crippen LogP contribution in [0.1, 0.15) is 32.0 Å². The molecule has 3 rings (SSSR count). The van der Waals surface area contributed by atoms with Crippen molar-refractivity contribution in [2.24, 2.45) is 0 Å². The Bertz CT molecular complexity index is 866. The van der Waals surface area contributed by atoms with Crippen molar-refractivity contribution < 1.29 is 4.74 Å². The van der Waals surface area contributed by atoms with Crippen molar-refractivity contribution in [3.63, 3.8) is 0 Å². The number of ether oxygens (including phenoxy) is 1. The van der Waals surface area contributed by atoms with Crippen LogP contribution in [0.3, 0.4) is 0 Å². The van der Waals surface area contributed by atoms with Gasteiger partial charge >= 0.3 is 0 Å². The Morgan fingerprint density at radius 3 is 2.43 bits per heavy atom. The highest BCUT2D eigenvalue weighted by atomic mass is 16.5. The number of aromatic nitrogens is 3. The summed E-state index contributed by atoms with van der Waals surface area (Å²) in [7, 11) is 0. The number of aryl methyl sites for hydroxylation is 2. The lowest BCUT2D eigenvalue weighted by atomic mass is 10.1. The summed E-state index contributed by atoms with van der Waals surface area (Å²) in [5.41, 5.74) is 3.41. The summed E-state index contributed by atoms with van der Waals surface area (Å²) < 4.78 is 6.15. The Balaban J connectivity index is 2.23. The minimum Gasteiger partial charge on any atom is -0.487 e. The maximum absolute atomic E-state index is 6.15. The molecule has 1 aromatic carbocycles. The van der Waals surface area contributed by atoms with E-state index < -0.39 is 0 Å². The van der Waals surface area contributed by atoms with Crippen LogP contribution < -0.4 is 4.74 Å². The zero-order valence-corrected chi connectivity index (χ0v) is 14.2. The molecule has 0 saturated carbocycles. The van der Waals surface area contributed by atoms with Gasteiger partial charge in [-0.3, -0.25) is 0 Å². The predicted octanol–water partition coefficient (Wildman–Crippen LogP) is 4.49. The molecule has 0 amide bonds. The fourth-order valence-electron chi connectivity index (χ4n) is 2.41. The molecule has 0 radical (unpaired) electrons. The van der Waals surface area contributed by atoms with E-state index in [2.05, 4.69) is 35.1 Å². The molecule has 3 aromatic rings. The van der Waals surface area contributed by atoms with E-state index in [-0.39, 0.29) is 5.60 Å². The van der Waals surface area contributed by atoms with Crippen LogP contribution in [0.2, 0.25) is 0 Å². The second-order valence-corrected chi connectivity index (χ2v) is 6.76. The van der Waals surface area contributed by atoms with Crippen LogP contribution in [0.15, 0.2) is 36.5 Å². The Hall–Kier alpha value is -2.49. The molecular formula is C19H21N3O. The first-order valence-corrected chi connectivity index (χ1v) is 7.72. The van der Waals surface area contributed by atoms with E-state index in [0.717, 1.165) is 33.6 Å². The highest BCUT2D eigenvalue weighted by molar-refractivity contribution is 5.88. The molecule has 0 spiro atoms. The fraction of sp³-hybridized carbons (Fsp3) is 0.316. The smallest absolute Gasteiger partial charge is 0.178 e. The first-order chi connectivity index (χ1) is 10.8.